The van der Waals surface area contributed by atoms with Crippen molar-refractivity contribution in [3.05, 3.63) is 64.1 Å². The summed E-state index contributed by atoms with van der Waals surface area (Å²) in [4.78, 5) is 18.0. The summed E-state index contributed by atoms with van der Waals surface area (Å²) in [5, 5.41) is 6.41. The molecule has 0 aromatic heterocycles. The van der Waals surface area contributed by atoms with E-state index in [2.05, 4.69) is 31.6 Å². The third kappa shape index (κ3) is 9.49. The number of aliphatic imine (C=N–C) groups is 1. The zero-order valence-electron chi connectivity index (χ0n) is 16.9. The van der Waals surface area contributed by atoms with E-state index in [4.69, 9.17) is 4.74 Å². The Bertz CT molecular complexity index is 780. The molecule has 0 spiro atoms. The maximum atomic E-state index is 11.9. The van der Waals surface area contributed by atoms with Gasteiger partial charge in [0.05, 0.1) is 20.2 Å². The molecule has 0 saturated carbocycles. The van der Waals surface area contributed by atoms with E-state index in [0.717, 1.165) is 22.2 Å². The number of amides is 1. The van der Waals surface area contributed by atoms with Crippen molar-refractivity contribution in [2.24, 2.45) is 4.99 Å². The van der Waals surface area contributed by atoms with Gasteiger partial charge in [-0.2, -0.15) is 0 Å². The molecule has 2 N–H and O–H groups in total. The maximum absolute atomic E-state index is 11.9. The number of methoxy groups -OCH3 is 1. The van der Waals surface area contributed by atoms with Crippen molar-refractivity contribution in [3.63, 3.8) is 0 Å². The lowest BCUT2D eigenvalue weighted by molar-refractivity contribution is -0.127. The minimum absolute atomic E-state index is 0. The lowest BCUT2D eigenvalue weighted by atomic mass is 10.1. The average Bonchev–Trinajstić information content (AvgIpc) is 2.71. The molecule has 0 radical (unpaired) electrons. The summed E-state index contributed by atoms with van der Waals surface area (Å²) >= 11 is 3.43. The Balaban J connectivity index is 0.00000420. The van der Waals surface area contributed by atoms with Crippen molar-refractivity contribution in [1.82, 2.24) is 15.5 Å². The van der Waals surface area contributed by atoms with Gasteiger partial charge in [-0.15, -0.1) is 24.0 Å². The molecule has 158 valence electrons. The average molecular weight is 575 g/mol. The first-order valence-electron chi connectivity index (χ1n) is 9.07. The summed E-state index contributed by atoms with van der Waals surface area (Å²) in [7, 11) is 5.13. The predicted molar refractivity (Wildman–Crippen MR) is 132 cm³/mol. The van der Waals surface area contributed by atoms with Crippen molar-refractivity contribution in [3.8, 4) is 5.75 Å². The first-order chi connectivity index (χ1) is 13.5. The molecule has 1 amide bonds. The Labute approximate surface area is 198 Å². The molecule has 2 aromatic carbocycles. The molecule has 0 unspecified atom stereocenters. The lowest BCUT2D eigenvalue weighted by Crippen LogP contribution is -2.43. The van der Waals surface area contributed by atoms with Crippen molar-refractivity contribution in [1.29, 1.82) is 0 Å². The topological polar surface area (TPSA) is 66.0 Å². The van der Waals surface area contributed by atoms with Crippen molar-refractivity contribution in [2.75, 3.05) is 34.3 Å². The van der Waals surface area contributed by atoms with Crippen molar-refractivity contribution in [2.45, 2.75) is 13.0 Å². The van der Waals surface area contributed by atoms with Crippen LogP contribution in [0.5, 0.6) is 5.75 Å². The van der Waals surface area contributed by atoms with E-state index in [9.17, 15) is 4.79 Å². The number of halogens is 2. The normalized spacial score (nSPS) is 10.7. The molecule has 2 rings (SSSR count). The Morgan fingerprint density at radius 2 is 1.66 bits per heavy atom. The minimum Gasteiger partial charge on any atom is -0.497 e. The molecule has 0 aliphatic heterocycles. The first kappa shape index (κ1) is 25.2. The van der Waals surface area contributed by atoms with Crippen LogP contribution in [0, 0.1) is 0 Å². The number of rotatable bonds is 8. The van der Waals surface area contributed by atoms with Gasteiger partial charge in [0, 0.05) is 25.1 Å². The fraction of sp³-hybridized carbons (Fsp3) is 0.333. The van der Waals surface area contributed by atoms with Crippen LogP contribution in [0.25, 0.3) is 0 Å². The van der Waals surface area contributed by atoms with Crippen LogP contribution in [0.4, 0.5) is 0 Å². The zero-order chi connectivity index (χ0) is 20.4. The van der Waals surface area contributed by atoms with Crippen molar-refractivity contribution < 1.29 is 9.53 Å². The largest absolute Gasteiger partial charge is 0.497 e. The highest BCUT2D eigenvalue weighted by molar-refractivity contribution is 14.0. The van der Waals surface area contributed by atoms with Gasteiger partial charge >= 0.3 is 0 Å². The van der Waals surface area contributed by atoms with Crippen LogP contribution in [0.1, 0.15) is 11.1 Å². The van der Waals surface area contributed by atoms with Gasteiger partial charge in [-0.3, -0.25) is 4.79 Å². The van der Waals surface area contributed by atoms with Crippen LogP contribution in [-0.2, 0) is 17.8 Å². The van der Waals surface area contributed by atoms with Crippen LogP contribution < -0.4 is 15.4 Å². The summed E-state index contributed by atoms with van der Waals surface area (Å²) in [6.45, 7) is 1.43. The Kier molecular flexibility index (Phi) is 11.7. The summed E-state index contributed by atoms with van der Waals surface area (Å²) in [6.07, 6.45) is 0.838. The highest BCUT2D eigenvalue weighted by Gasteiger charge is 2.06. The number of nitrogens with zero attached hydrogens (tertiary/aromatic N) is 2. The molecule has 0 bridgehead atoms. The van der Waals surface area contributed by atoms with Crippen molar-refractivity contribution >= 4 is 51.8 Å². The van der Waals surface area contributed by atoms with Gasteiger partial charge < -0.3 is 20.3 Å². The second kappa shape index (κ2) is 13.4. The predicted octanol–water partition coefficient (Wildman–Crippen LogP) is 3.44. The molecule has 6 nitrogen and oxygen atoms in total. The van der Waals surface area contributed by atoms with Gasteiger partial charge in [0.25, 0.3) is 0 Å². The molecule has 0 aliphatic carbocycles. The summed E-state index contributed by atoms with van der Waals surface area (Å²) in [5.74, 6) is 1.46. The van der Waals surface area contributed by atoms with Crippen LogP contribution in [0.15, 0.2) is 58.0 Å². The van der Waals surface area contributed by atoms with Gasteiger partial charge in [0.15, 0.2) is 5.96 Å². The number of nitrogens with one attached hydrogen (secondary N) is 2. The third-order valence-corrected chi connectivity index (χ3v) is 4.63. The summed E-state index contributed by atoms with van der Waals surface area (Å²) in [5.41, 5.74) is 2.29. The molecule has 2 aromatic rings. The van der Waals surface area contributed by atoms with E-state index >= 15 is 0 Å². The molecule has 0 heterocycles. The minimum atomic E-state index is -0.00621. The fourth-order valence-electron chi connectivity index (χ4n) is 2.37. The molecular formula is C21H28BrIN4O2. The number of hydrogen-bond acceptors (Lipinski definition) is 3. The standard InChI is InChI=1S/C21H27BrN4O2.HI/c1-26(2)20(27)15-25-21(24-14-17-4-8-18(22)9-5-17)23-13-12-16-6-10-19(28-3)11-7-16;/h4-11H,12-15H2,1-3H3,(H2,23,24,25);1H. The Morgan fingerprint density at radius 3 is 2.24 bits per heavy atom. The molecule has 0 atom stereocenters. The van der Waals surface area contributed by atoms with E-state index in [-0.39, 0.29) is 36.4 Å². The Morgan fingerprint density at radius 1 is 1.03 bits per heavy atom. The zero-order valence-corrected chi connectivity index (χ0v) is 20.9. The number of ether oxygens (including phenoxy) is 1. The summed E-state index contributed by atoms with van der Waals surface area (Å²) < 4.78 is 6.22. The lowest BCUT2D eigenvalue weighted by Gasteiger charge is -2.15. The maximum Gasteiger partial charge on any atom is 0.241 e. The smallest absolute Gasteiger partial charge is 0.241 e. The van der Waals surface area contributed by atoms with Crippen LogP contribution in [0.2, 0.25) is 0 Å². The number of carbonyl (C=O) groups excluding carboxylic acids is 1. The fourth-order valence-corrected chi connectivity index (χ4v) is 2.63. The number of likely N-dealkylation sites (N-methyl/N-ethyl adjacent to an activating group) is 1. The second-order valence-corrected chi connectivity index (χ2v) is 7.37. The molecule has 0 saturated heterocycles. The van der Waals surface area contributed by atoms with Crippen LogP contribution in [-0.4, -0.2) is 51.1 Å². The highest BCUT2D eigenvalue weighted by atomic mass is 127. The third-order valence-electron chi connectivity index (χ3n) is 4.10. The second-order valence-electron chi connectivity index (χ2n) is 6.46. The van der Waals surface area contributed by atoms with E-state index in [1.165, 1.54) is 5.56 Å². The number of benzene rings is 2. The molecule has 29 heavy (non-hydrogen) atoms. The number of hydrogen-bond donors (Lipinski definition) is 2. The van der Waals surface area contributed by atoms with Gasteiger partial charge in [0.1, 0.15) is 5.75 Å². The van der Waals surface area contributed by atoms with E-state index in [1.807, 2.05) is 48.5 Å². The van der Waals surface area contributed by atoms with E-state index < -0.39 is 0 Å². The van der Waals surface area contributed by atoms with E-state index in [0.29, 0.717) is 19.0 Å². The van der Waals surface area contributed by atoms with Gasteiger partial charge in [0.2, 0.25) is 5.91 Å². The number of guanidine groups is 1. The SMILES string of the molecule is COc1ccc(CCNC(=NCc2ccc(Br)cc2)NCC(=O)N(C)C)cc1.I. The summed E-state index contributed by atoms with van der Waals surface area (Å²) in [6, 6.07) is 16.0. The van der Waals surface area contributed by atoms with Gasteiger partial charge in [-0.1, -0.05) is 40.2 Å². The molecular weight excluding hydrogens is 547 g/mol. The monoisotopic (exact) mass is 574 g/mol. The molecule has 0 fully saturated rings. The van der Waals surface area contributed by atoms with Crippen LogP contribution in [0.3, 0.4) is 0 Å². The van der Waals surface area contributed by atoms with Gasteiger partial charge in [-0.05, 0) is 41.8 Å². The number of carbonyl (C=O) groups is 1. The quantitative estimate of drug-likeness (QED) is 0.288. The Hall–Kier alpha value is -1.81. The highest BCUT2D eigenvalue weighted by Crippen LogP contribution is 2.12. The van der Waals surface area contributed by atoms with Gasteiger partial charge in [-0.25, -0.2) is 4.99 Å². The van der Waals surface area contributed by atoms with Crippen LogP contribution >= 0.6 is 39.9 Å². The molecule has 8 heteroatoms. The molecule has 0 aliphatic rings. The first-order valence-corrected chi connectivity index (χ1v) is 9.87. The van der Waals surface area contributed by atoms with E-state index in [1.54, 1.807) is 26.1 Å².